The summed E-state index contributed by atoms with van der Waals surface area (Å²) in [6.07, 6.45) is 1.01. The number of sulfonamides is 1. The van der Waals surface area contributed by atoms with Gasteiger partial charge in [0.1, 0.15) is 16.5 Å². The average molecular weight is 432 g/mol. The molecular formula is C20H14F2N2O3S2. The van der Waals surface area contributed by atoms with Crippen LogP contribution in [0.25, 0.3) is 0 Å². The Bertz CT molecular complexity index is 1220. The predicted molar refractivity (Wildman–Crippen MR) is 108 cm³/mol. The summed E-state index contributed by atoms with van der Waals surface area (Å²) in [5, 5.41) is 4.20. The van der Waals surface area contributed by atoms with Crippen molar-refractivity contribution in [3.05, 3.63) is 93.2 Å². The number of Topliss-reactive ketones (excluding diaryl/α,β-unsaturated/α-hetero) is 1. The molecule has 1 aliphatic heterocycles. The van der Waals surface area contributed by atoms with Crippen LogP contribution in [0.2, 0.25) is 0 Å². The molecular weight excluding hydrogens is 418 g/mol. The fourth-order valence-corrected chi connectivity index (χ4v) is 5.42. The largest absolute Gasteiger partial charge is 0.358 e. The number of nitrogens with zero attached hydrogens (tertiary/aromatic N) is 1. The van der Waals surface area contributed by atoms with Crippen LogP contribution in [0.15, 0.2) is 71.1 Å². The van der Waals surface area contributed by atoms with Crippen molar-refractivity contribution in [3.63, 3.8) is 0 Å². The van der Waals surface area contributed by atoms with Gasteiger partial charge in [0.25, 0.3) is 10.0 Å². The second-order valence-electron chi connectivity index (χ2n) is 6.24. The van der Waals surface area contributed by atoms with Crippen LogP contribution in [0.5, 0.6) is 0 Å². The van der Waals surface area contributed by atoms with Crippen molar-refractivity contribution >= 4 is 38.5 Å². The maximum Gasteiger partial charge on any atom is 0.270 e. The van der Waals surface area contributed by atoms with Gasteiger partial charge in [0.2, 0.25) is 5.78 Å². The number of benzene rings is 2. The Balaban J connectivity index is 1.75. The summed E-state index contributed by atoms with van der Waals surface area (Å²) in [4.78, 5) is 12.6. The van der Waals surface area contributed by atoms with E-state index in [1.165, 1.54) is 42.5 Å². The number of para-hydroxylation sites is 1. The molecule has 2 heterocycles. The lowest BCUT2D eigenvalue weighted by Crippen LogP contribution is -2.38. The third-order valence-electron chi connectivity index (χ3n) is 4.38. The number of ketones is 1. The molecule has 1 N–H and O–H groups in total. The first-order valence-electron chi connectivity index (χ1n) is 8.48. The lowest BCUT2D eigenvalue weighted by atomic mass is 10.2. The predicted octanol–water partition coefficient (Wildman–Crippen LogP) is 4.51. The Hall–Kier alpha value is -3.04. The van der Waals surface area contributed by atoms with Crippen LogP contribution in [0.1, 0.15) is 15.2 Å². The summed E-state index contributed by atoms with van der Waals surface area (Å²) in [5.41, 5.74) is 0.875. The molecule has 0 amide bonds. The average Bonchev–Trinajstić information content (AvgIpc) is 3.17. The second-order valence-corrected chi connectivity index (χ2v) is 8.98. The summed E-state index contributed by atoms with van der Waals surface area (Å²) in [6, 6.07) is 12.7. The minimum atomic E-state index is -4.22. The van der Waals surface area contributed by atoms with Gasteiger partial charge in [-0.25, -0.2) is 17.2 Å². The highest BCUT2D eigenvalue weighted by Crippen LogP contribution is 2.39. The van der Waals surface area contributed by atoms with Gasteiger partial charge in [0, 0.05) is 6.20 Å². The van der Waals surface area contributed by atoms with Crippen LogP contribution in [0.4, 0.5) is 20.2 Å². The Morgan fingerprint density at radius 3 is 2.48 bits per heavy atom. The van der Waals surface area contributed by atoms with Gasteiger partial charge in [0.05, 0.1) is 17.9 Å². The van der Waals surface area contributed by atoms with E-state index >= 15 is 0 Å². The molecule has 0 saturated carbocycles. The molecule has 0 saturated heterocycles. The highest BCUT2D eigenvalue weighted by Gasteiger charge is 2.41. The zero-order valence-electron chi connectivity index (χ0n) is 14.8. The molecule has 0 aliphatic carbocycles. The van der Waals surface area contributed by atoms with Gasteiger partial charge in [-0.3, -0.25) is 9.10 Å². The SMILES string of the molecule is O=C1/C(=C/Nc2ccccc2F)S(=O)(=O)N(Cc2ccc(F)cc2)c2ccsc21. The van der Waals surface area contributed by atoms with Crippen LogP contribution >= 0.6 is 11.3 Å². The fraction of sp³-hybridized carbons (Fsp3) is 0.0500. The third-order valence-corrected chi connectivity index (χ3v) is 7.05. The number of hydrogen-bond donors (Lipinski definition) is 1. The van der Waals surface area contributed by atoms with Crippen molar-refractivity contribution in [2.45, 2.75) is 6.54 Å². The topological polar surface area (TPSA) is 66.5 Å². The van der Waals surface area contributed by atoms with Crippen LogP contribution in [0.3, 0.4) is 0 Å². The second kappa shape index (κ2) is 7.41. The van der Waals surface area contributed by atoms with Crippen LogP contribution in [-0.2, 0) is 16.6 Å². The van der Waals surface area contributed by atoms with Crippen LogP contribution in [0, 0.1) is 11.6 Å². The standard InChI is InChI=1S/C20H14F2N2O3S2/c21-14-7-5-13(6-8-14)12-24-17-9-10-28-20(17)19(25)18(29(24,26)27)11-23-16-4-2-1-3-15(16)22/h1-11,23H,12H2/b18-11-. The monoisotopic (exact) mass is 432 g/mol. The van der Waals surface area contributed by atoms with E-state index in [9.17, 15) is 22.0 Å². The molecule has 5 nitrogen and oxygen atoms in total. The molecule has 0 unspecified atom stereocenters. The molecule has 0 bridgehead atoms. The Morgan fingerprint density at radius 1 is 1.03 bits per heavy atom. The number of anilines is 2. The minimum Gasteiger partial charge on any atom is -0.358 e. The van der Waals surface area contributed by atoms with E-state index in [1.807, 2.05) is 0 Å². The molecule has 0 atom stereocenters. The van der Waals surface area contributed by atoms with Gasteiger partial charge in [-0.05, 0) is 41.3 Å². The lowest BCUT2D eigenvalue weighted by Gasteiger charge is -2.29. The highest BCUT2D eigenvalue weighted by atomic mass is 32.2. The van der Waals surface area contributed by atoms with E-state index in [1.54, 1.807) is 17.5 Å². The summed E-state index contributed by atoms with van der Waals surface area (Å²) in [7, 11) is -4.22. The number of carbonyl (C=O) groups is 1. The molecule has 2 aromatic carbocycles. The third kappa shape index (κ3) is 3.54. The number of halogens is 2. The number of fused-ring (bicyclic) bond motifs is 1. The minimum absolute atomic E-state index is 0.0464. The van der Waals surface area contributed by atoms with Crippen LogP contribution < -0.4 is 9.62 Å². The normalized spacial score (nSPS) is 16.7. The van der Waals surface area contributed by atoms with Gasteiger partial charge >= 0.3 is 0 Å². The Kier molecular flexibility index (Phi) is 4.93. The van der Waals surface area contributed by atoms with Crippen molar-refractivity contribution in [3.8, 4) is 0 Å². The van der Waals surface area contributed by atoms with Crippen LogP contribution in [-0.4, -0.2) is 14.2 Å². The van der Waals surface area contributed by atoms with Crippen molar-refractivity contribution in [1.29, 1.82) is 0 Å². The number of allylic oxidation sites excluding steroid dienone is 1. The highest BCUT2D eigenvalue weighted by molar-refractivity contribution is 7.97. The molecule has 148 valence electrons. The van der Waals surface area contributed by atoms with Gasteiger partial charge in [-0.2, -0.15) is 0 Å². The van der Waals surface area contributed by atoms with Crippen molar-refractivity contribution < 1.29 is 22.0 Å². The molecule has 1 aromatic heterocycles. The van der Waals surface area contributed by atoms with E-state index in [0.717, 1.165) is 21.8 Å². The first kappa shape index (κ1) is 19.3. The van der Waals surface area contributed by atoms with Gasteiger partial charge in [0.15, 0.2) is 4.91 Å². The first-order chi connectivity index (χ1) is 13.9. The number of rotatable bonds is 4. The maximum atomic E-state index is 13.9. The van der Waals surface area contributed by atoms with Gasteiger partial charge in [-0.15, -0.1) is 11.3 Å². The van der Waals surface area contributed by atoms with E-state index < -0.39 is 32.3 Å². The summed E-state index contributed by atoms with van der Waals surface area (Å²) in [5.74, 6) is -1.67. The molecule has 4 rings (SSSR count). The molecule has 1 aliphatic rings. The summed E-state index contributed by atoms with van der Waals surface area (Å²) < 4.78 is 54.5. The Morgan fingerprint density at radius 2 is 1.76 bits per heavy atom. The van der Waals surface area contributed by atoms with E-state index in [-0.39, 0.29) is 22.8 Å². The first-order valence-corrected chi connectivity index (χ1v) is 10.8. The quantitative estimate of drug-likeness (QED) is 0.616. The molecule has 9 heteroatoms. The van der Waals surface area contributed by atoms with E-state index in [2.05, 4.69) is 5.32 Å². The van der Waals surface area contributed by atoms with Gasteiger partial charge < -0.3 is 5.32 Å². The van der Waals surface area contributed by atoms with Gasteiger partial charge in [-0.1, -0.05) is 24.3 Å². The number of nitrogens with one attached hydrogen (secondary N) is 1. The fourth-order valence-electron chi connectivity index (χ4n) is 2.93. The number of thiophene rings is 1. The van der Waals surface area contributed by atoms with E-state index in [4.69, 9.17) is 0 Å². The van der Waals surface area contributed by atoms with E-state index in [0.29, 0.717) is 5.56 Å². The molecule has 0 radical (unpaired) electrons. The zero-order chi connectivity index (χ0) is 20.6. The van der Waals surface area contributed by atoms with Crippen molar-refractivity contribution in [2.75, 3.05) is 9.62 Å². The summed E-state index contributed by atoms with van der Waals surface area (Å²) in [6.45, 7) is -0.0728. The number of hydrogen-bond acceptors (Lipinski definition) is 5. The molecule has 29 heavy (non-hydrogen) atoms. The number of carbonyl (C=O) groups excluding carboxylic acids is 1. The Labute approximate surface area is 170 Å². The maximum absolute atomic E-state index is 13.9. The summed E-state index contributed by atoms with van der Waals surface area (Å²) >= 11 is 1.12. The van der Waals surface area contributed by atoms with Crippen molar-refractivity contribution in [2.24, 2.45) is 0 Å². The zero-order valence-corrected chi connectivity index (χ0v) is 16.4. The smallest absolute Gasteiger partial charge is 0.270 e. The lowest BCUT2D eigenvalue weighted by molar-refractivity contribution is 0.104. The van der Waals surface area contributed by atoms with Crippen molar-refractivity contribution in [1.82, 2.24) is 0 Å². The molecule has 0 fully saturated rings. The molecule has 0 spiro atoms. The molecule has 3 aromatic rings.